The van der Waals surface area contributed by atoms with Crippen LogP contribution < -0.4 is 15.6 Å². The third-order valence-electron chi connectivity index (χ3n) is 13.4. The number of furan rings is 1. The Morgan fingerprint density at radius 1 is 0.477 bits per heavy atom. The molecule has 12 rings (SSSR count). The van der Waals surface area contributed by atoms with E-state index in [1.165, 1.54) is 47.8 Å². The van der Waals surface area contributed by atoms with E-state index >= 15 is 0 Å². The standard InChI is InChI=1S/C61H44N2OSi/c1-3-4-7-21-42(2)65(45-23-8-5-9-24-45,46-25-10-6-11-26-46)47-27-18-22-44(41-47)62-54-33-15-13-29-50(54)52-32-19-35-56(61(52)62)63-55-34-16-12-28-49(55)51-39-38-43(40-57(51)63)48-31-20-37-59-60(48)53-30-14-17-36-58(53)64-59/h3-41H,1H2,2H3/b7-4-,42-21+. The molecule has 0 N–H and O–H groups in total. The zero-order chi connectivity index (χ0) is 43.5. The van der Waals surface area contributed by atoms with Crippen molar-refractivity contribution in [3.8, 4) is 22.5 Å². The fourth-order valence-electron chi connectivity index (χ4n) is 10.7. The van der Waals surface area contributed by atoms with Crippen LogP contribution in [0.15, 0.2) is 253 Å². The average molecular weight is 849 g/mol. The highest BCUT2D eigenvalue weighted by Gasteiger charge is 2.41. The first-order chi connectivity index (χ1) is 32.1. The van der Waals surface area contributed by atoms with E-state index < -0.39 is 8.07 Å². The molecule has 3 aromatic heterocycles. The monoisotopic (exact) mass is 848 g/mol. The highest BCUT2D eigenvalue weighted by Crippen LogP contribution is 2.42. The van der Waals surface area contributed by atoms with Gasteiger partial charge in [-0.25, -0.2) is 0 Å². The van der Waals surface area contributed by atoms with Crippen molar-refractivity contribution >= 4 is 89.2 Å². The van der Waals surface area contributed by atoms with Gasteiger partial charge in [0.05, 0.1) is 27.8 Å². The van der Waals surface area contributed by atoms with E-state index in [-0.39, 0.29) is 0 Å². The van der Waals surface area contributed by atoms with E-state index in [0.29, 0.717) is 0 Å². The van der Waals surface area contributed by atoms with Crippen molar-refractivity contribution in [3.63, 3.8) is 0 Å². The minimum atomic E-state index is -2.82. The second-order valence-electron chi connectivity index (χ2n) is 16.9. The van der Waals surface area contributed by atoms with E-state index in [9.17, 15) is 0 Å². The number of aromatic nitrogens is 2. The third kappa shape index (κ3) is 5.95. The van der Waals surface area contributed by atoms with Crippen molar-refractivity contribution < 1.29 is 4.42 Å². The number of benzene rings is 9. The maximum atomic E-state index is 6.37. The van der Waals surface area contributed by atoms with Gasteiger partial charge in [-0.2, -0.15) is 0 Å². The van der Waals surface area contributed by atoms with Crippen molar-refractivity contribution in [2.75, 3.05) is 0 Å². The van der Waals surface area contributed by atoms with Crippen LogP contribution in [-0.2, 0) is 0 Å². The van der Waals surface area contributed by atoms with Gasteiger partial charge in [-0.1, -0.05) is 200 Å². The highest BCUT2D eigenvalue weighted by atomic mass is 28.3. The van der Waals surface area contributed by atoms with Gasteiger partial charge in [-0.15, -0.1) is 0 Å². The molecule has 9 aromatic carbocycles. The Hall–Kier alpha value is -8.18. The smallest absolute Gasteiger partial charge is 0.175 e. The second-order valence-corrected chi connectivity index (χ2v) is 20.9. The molecule has 0 saturated carbocycles. The van der Waals surface area contributed by atoms with Crippen molar-refractivity contribution in [3.05, 3.63) is 248 Å². The van der Waals surface area contributed by atoms with Gasteiger partial charge in [0.1, 0.15) is 11.2 Å². The van der Waals surface area contributed by atoms with Crippen molar-refractivity contribution in [1.82, 2.24) is 9.13 Å². The van der Waals surface area contributed by atoms with Crippen LogP contribution in [0.25, 0.3) is 88.1 Å². The minimum Gasteiger partial charge on any atom is -0.456 e. The predicted octanol–water partition coefficient (Wildman–Crippen LogP) is 14.1. The number of hydrogen-bond donors (Lipinski definition) is 0. The van der Waals surface area contributed by atoms with Crippen LogP contribution in [-0.4, -0.2) is 17.2 Å². The van der Waals surface area contributed by atoms with Gasteiger partial charge < -0.3 is 13.6 Å². The quantitative estimate of drug-likeness (QED) is 0.0806. The van der Waals surface area contributed by atoms with Crippen molar-refractivity contribution in [1.29, 1.82) is 0 Å². The Bertz CT molecular complexity index is 3820. The fourth-order valence-corrected chi connectivity index (χ4v) is 15.5. The number of hydrogen-bond acceptors (Lipinski definition) is 1. The van der Waals surface area contributed by atoms with Crippen molar-refractivity contribution in [2.24, 2.45) is 0 Å². The first-order valence-corrected chi connectivity index (χ1v) is 24.3. The summed E-state index contributed by atoms with van der Waals surface area (Å²) in [5.41, 5.74) is 11.0. The Morgan fingerprint density at radius 3 is 1.82 bits per heavy atom. The van der Waals surface area contributed by atoms with Crippen LogP contribution in [0.5, 0.6) is 0 Å². The molecular weight excluding hydrogens is 805 g/mol. The molecule has 0 saturated heterocycles. The number of fused-ring (bicyclic) bond motifs is 9. The SMILES string of the molecule is C=C/C=C\C=C(/C)[Si](c1ccccc1)(c1ccccc1)c1cccc(-n2c3ccccc3c3cccc(-n4c5ccccc5c5ccc(-c6cccc7oc8ccccc8c67)cc54)c32)c1. The third-order valence-corrected chi connectivity index (χ3v) is 18.4. The summed E-state index contributed by atoms with van der Waals surface area (Å²) in [5.74, 6) is 0. The molecule has 65 heavy (non-hydrogen) atoms. The average Bonchev–Trinajstić information content (AvgIpc) is 4.03. The minimum absolute atomic E-state index is 0.895. The highest BCUT2D eigenvalue weighted by molar-refractivity contribution is 7.16. The van der Waals surface area contributed by atoms with Crippen molar-refractivity contribution in [2.45, 2.75) is 6.92 Å². The summed E-state index contributed by atoms with van der Waals surface area (Å²) in [6.07, 6.45) is 8.30. The maximum Gasteiger partial charge on any atom is 0.175 e. The summed E-state index contributed by atoms with van der Waals surface area (Å²) in [4.78, 5) is 0. The Labute approximate surface area is 378 Å². The topological polar surface area (TPSA) is 23.0 Å². The lowest BCUT2D eigenvalue weighted by molar-refractivity contribution is 0.669. The van der Waals surface area contributed by atoms with Crippen LogP contribution in [0.4, 0.5) is 0 Å². The first kappa shape index (κ1) is 38.5. The molecule has 4 heteroatoms. The zero-order valence-corrected chi connectivity index (χ0v) is 37.0. The fraction of sp³-hybridized carbons (Fsp3) is 0.0164. The molecule has 3 heterocycles. The molecule has 0 fully saturated rings. The molecule has 0 amide bonds. The molecule has 0 spiro atoms. The summed E-state index contributed by atoms with van der Waals surface area (Å²) in [5, 5.41) is 12.5. The lowest BCUT2D eigenvalue weighted by Gasteiger charge is -2.35. The second kappa shape index (κ2) is 15.6. The first-order valence-electron chi connectivity index (χ1n) is 22.3. The van der Waals surface area contributed by atoms with Gasteiger partial charge in [-0.3, -0.25) is 0 Å². The Kier molecular flexibility index (Phi) is 9.21. The molecule has 0 aliphatic carbocycles. The summed E-state index contributed by atoms with van der Waals surface area (Å²) >= 11 is 0. The number of allylic oxidation sites excluding steroid dienone is 5. The summed E-state index contributed by atoms with van der Waals surface area (Å²) in [6.45, 7) is 6.28. The predicted molar refractivity (Wildman–Crippen MR) is 278 cm³/mol. The van der Waals surface area contributed by atoms with Gasteiger partial charge in [0.15, 0.2) is 8.07 Å². The molecule has 0 aliphatic rings. The summed E-state index contributed by atoms with van der Waals surface area (Å²) in [7, 11) is -2.82. The molecule has 0 radical (unpaired) electrons. The molecule has 3 nitrogen and oxygen atoms in total. The number of nitrogens with zero attached hydrogens (tertiary/aromatic N) is 2. The van der Waals surface area contributed by atoms with Gasteiger partial charge in [0.25, 0.3) is 0 Å². The van der Waals surface area contributed by atoms with Gasteiger partial charge in [-0.05, 0) is 82.1 Å². The van der Waals surface area contributed by atoms with Crippen LogP contribution in [0.1, 0.15) is 6.92 Å². The van der Waals surface area contributed by atoms with Gasteiger partial charge in [0, 0.05) is 38.0 Å². The summed E-state index contributed by atoms with van der Waals surface area (Å²) < 4.78 is 11.4. The molecule has 308 valence electrons. The van der Waals surface area contributed by atoms with Gasteiger partial charge in [0.2, 0.25) is 0 Å². The number of para-hydroxylation sites is 4. The zero-order valence-electron chi connectivity index (χ0n) is 36.0. The van der Waals surface area contributed by atoms with E-state index in [4.69, 9.17) is 4.42 Å². The lowest BCUT2D eigenvalue weighted by Crippen LogP contribution is -2.68. The van der Waals surface area contributed by atoms with Crippen LogP contribution in [0.3, 0.4) is 0 Å². The molecule has 0 atom stereocenters. The largest absolute Gasteiger partial charge is 0.456 e. The summed E-state index contributed by atoms with van der Waals surface area (Å²) in [6, 6.07) is 77.9. The van der Waals surface area contributed by atoms with E-state index in [1.807, 2.05) is 18.2 Å². The molecule has 0 unspecified atom stereocenters. The normalized spacial score (nSPS) is 12.5. The maximum absolute atomic E-state index is 6.37. The molecular formula is C61H44N2OSi. The van der Waals surface area contributed by atoms with E-state index in [0.717, 1.165) is 61.0 Å². The Morgan fingerprint density at radius 2 is 1.06 bits per heavy atom. The molecule has 0 bridgehead atoms. The van der Waals surface area contributed by atoms with Crippen LogP contribution in [0, 0.1) is 0 Å². The van der Waals surface area contributed by atoms with Gasteiger partial charge >= 0.3 is 0 Å². The molecule has 12 aromatic rings. The van der Waals surface area contributed by atoms with E-state index in [2.05, 4.69) is 241 Å². The molecule has 0 aliphatic heterocycles. The lowest BCUT2D eigenvalue weighted by atomic mass is 9.98. The number of rotatable bonds is 9. The van der Waals surface area contributed by atoms with Crippen LogP contribution in [0.2, 0.25) is 0 Å². The van der Waals surface area contributed by atoms with Crippen LogP contribution >= 0.6 is 0 Å². The van der Waals surface area contributed by atoms with E-state index in [1.54, 1.807) is 0 Å². The Balaban J connectivity index is 1.15.